The molecule has 112 valence electrons. The van der Waals surface area contributed by atoms with Gasteiger partial charge in [0.15, 0.2) is 9.90 Å². The number of phenolic OH excluding ortho intramolecular Hbond substituents is 1. The van der Waals surface area contributed by atoms with E-state index in [9.17, 15) is 18.3 Å². The molecule has 1 aromatic carbocycles. The van der Waals surface area contributed by atoms with E-state index in [1.54, 1.807) is 0 Å². The van der Waals surface area contributed by atoms with Crippen LogP contribution in [0.1, 0.15) is 10.5 Å². The quantitative estimate of drug-likeness (QED) is 0.854. The number of phenols is 1. The molecule has 0 saturated heterocycles. The Labute approximate surface area is 125 Å². The third kappa shape index (κ3) is 2.83. The highest BCUT2D eigenvalue weighted by Crippen LogP contribution is 2.28. The van der Waals surface area contributed by atoms with Gasteiger partial charge in [-0.15, -0.1) is 11.3 Å². The van der Waals surface area contributed by atoms with Gasteiger partial charge in [-0.25, -0.2) is 18.2 Å². The second-order valence-corrected chi connectivity index (χ2v) is 6.99. The molecule has 9 heteroatoms. The van der Waals surface area contributed by atoms with Crippen molar-refractivity contribution >= 4 is 33.0 Å². The van der Waals surface area contributed by atoms with Crippen molar-refractivity contribution in [3.8, 4) is 5.75 Å². The minimum absolute atomic E-state index is 0.0255. The molecule has 0 aliphatic carbocycles. The number of hydrogen-bond acceptors (Lipinski definition) is 7. The van der Waals surface area contributed by atoms with Crippen LogP contribution in [-0.2, 0) is 14.8 Å². The van der Waals surface area contributed by atoms with Gasteiger partial charge in [-0.3, -0.25) is 4.31 Å². The van der Waals surface area contributed by atoms with Gasteiger partial charge in [-0.1, -0.05) is 0 Å². The summed E-state index contributed by atoms with van der Waals surface area (Å²) >= 11 is 0.835. The molecule has 0 atom stereocenters. The van der Waals surface area contributed by atoms with Gasteiger partial charge >= 0.3 is 5.97 Å². The predicted octanol–water partition coefficient (Wildman–Crippen LogP) is 1.46. The molecule has 2 rings (SSSR count). The minimum atomic E-state index is -3.94. The molecular formula is C12H12N2O5S2. The van der Waals surface area contributed by atoms with E-state index in [4.69, 9.17) is 0 Å². The SMILES string of the molecule is COC(=O)c1ncsc1S(=O)(=O)N(C)c1ccc(O)cc1. The van der Waals surface area contributed by atoms with Crippen molar-refractivity contribution in [2.75, 3.05) is 18.5 Å². The van der Waals surface area contributed by atoms with Crippen molar-refractivity contribution in [3.05, 3.63) is 35.5 Å². The third-order valence-corrected chi connectivity index (χ3v) is 5.85. The molecule has 0 saturated carbocycles. The summed E-state index contributed by atoms with van der Waals surface area (Å²) in [5, 5.41) is 9.24. The Morgan fingerprint density at radius 2 is 1.95 bits per heavy atom. The van der Waals surface area contributed by atoms with Crippen LogP contribution >= 0.6 is 11.3 Å². The number of ether oxygens (including phenoxy) is 1. The highest BCUT2D eigenvalue weighted by atomic mass is 32.2. The first-order valence-corrected chi connectivity index (χ1v) is 7.99. The van der Waals surface area contributed by atoms with E-state index in [1.165, 1.54) is 36.8 Å². The predicted molar refractivity (Wildman–Crippen MR) is 77.1 cm³/mol. The smallest absolute Gasteiger partial charge is 0.358 e. The fraction of sp³-hybridized carbons (Fsp3) is 0.167. The van der Waals surface area contributed by atoms with Crippen LogP contribution in [0.4, 0.5) is 5.69 Å². The molecule has 0 unspecified atom stereocenters. The normalized spacial score (nSPS) is 11.1. The van der Waals surface area contributed by atoms with Crippen molar-refractivity contribution in [2.45, 2.75) is 4.21 Å². The van der Waals surface area contributed by atoms with Crippen LogP contribution in [0.25, 0.3) is 0 Å². The molecular weight excluding hydrogens is 316 g/mol. The van der Waals surface area contributed by atoms with Gasteiger partial charge in [0.05, 0.1) is 18.3 Å². The lowest BCUT2D eigenvalue weighted by Gasteiger charge is -2.18. The van der Waals surface area contributed by atoms with E-state index < -0.39 is 16.0 Å². The Morgan fingerprint density at radius 3 is 2.52 bits per heavy atom. The molecule has 0 spiro atoms. The van der Waals surface area contributed by atoms with Crippen LogP contribution in [0.3, 0.4) is 0 Å². The summed E-state index contributed by atoms with van der Waals surface area (Å²) in [7, 11) is -1.44. The number of methoxy groups -OCH3 is 1. The van der Waals surface area contributed by atoms with E-state index >= 15 is 0 Å². The van der Waals surface area contributed by atoms with E-state index in [0.717, 1.165) is 22.8 Å². The zero-order valence-electron chi connectivity index (χ0n) is 11.2. The lowest BCUT2D eigenvalue weighted by molar-refractivity contribution is 0.0590. The summed E-state index contributed by atoms with van der Waals surface area (Å²) < 4.78 is 30.4. The summed E-state index contributed by atoms with van der Waals surface area (Å²) in [6.07, 6.45) is 0. The number of carbonyl (C=O) groups is 1. The van der Waals surface area contributed by atoms with Gasteiger partial charge in [0.1, 0.15) is 5.75 Å². The lowest BCUT2D eigenvalue weighted by atomic mass is 10.3. The summed E-state index contributed by atoms with van der Waals surface area (Å²) in [5.41, 5.74) is 1.37. The van der Waals surface area contributed by atoms with E-state index in [1.807, 2.05) is 0 Å². The van der Waals surface area contributed by atoms with E-state index in [2.05, 4.69) is 9.72 Å². The number of anilines is 1. The van der Waals surface area contributed by atoms with Crippen molar-refractivity contribution in [1.29, 1.82) is 0 Å². The van der Waals surface area contributed by atoms with Crippen LogP contribution in [0.5, 0.6) is 5.75 Å². The Hall–Kier alpha value is -2.13. The maximum Gasteiger partial charge on any atom is 0.358 e. The molecule has 21 heavy (non-hydrogen) atoms. The number of hydrogen-bond donors (Lipinski definition) is 1. The minimum Gasteiger partial charge on any atom is -0.508 e. The number of esters is 1. The number of sulfonamides is 1. The van der Waals surface area contributed by atoms with Crippen molar-refractivity contribution < 1.29 is 23.1 Å². The Morgan fingerprint density at radius 1 is 1.33 bits per heavy atom. The van der Waals surface area contributed by atoms with Gasteiger partial charge in [-0.05, 0) is 24.3 Å². The molecule has 1 aromatic heterocycles. The zero-order chi connectivity index (χ0) is 15.6. The van der Waals surface area contributed by atoms with Crippen LogP contribution in [-0.4, -0.2) is 38.6 Å². The first-order chi connectivity index (χ1) is 9.87. The van der Waals surface area contributed by atoms with Crippen molar-refractivity contribution in [2.24, 2.45) is 0 Å². The summed E-state index contributed by atoms with van der Waals surface area (Å²) in [6.45, 7) is 0. The van der Waals surface area contributed by atoms with Crippen LogP contribution in [0.2, 0.25) is 0 Å². The number of benzene rings is 1. The fourth-order valence-electron chi connectivity index (χ4n) is 1.58. The Kier molecular flexibility index (Phi) is 4.14. The number of aromatic hydroxyl groups is 1. The Bertz CT molecular complexity index is 752. The zero-order valence-corrected chi connectivity index (χ0v) is 12.8. The number of carbonyl (C=O) groups excluding carboxylic acids is 1. The van der Waals surface area contributed by atoms with E-state index in [-0.39, 0.29) is 15.7 Å². The molecule has 7 nitrogen and oxygen atoms in total. The average Bonchev–Trinajstić information content (AvgIpc) is 2.96. The molecule has 1 N–H and O–H groups in total. The third-order valence-electron chi connectivity index (χ3n) is 2.72. The lowest BCUT2D eigenvalue weighted by Crippen LogP contribution is -2.27. The number of nitrogens with zero attached hydrogens (tertiary/aromatic N) is 2. The molecule has 0 bridgehead atoms. The molecule has 0 radical (unpaired) electrons. The summed E-state index contributed by atoms with van der Waals surface area (Å²) in [5.74, 6) is -0.786. The molecule has 0 aliphatic heterocycles. The van der Waals surface area contributed by atoms with Gasteiger partial charge in [-0.2, -0.15) is 0 Å². The monoisotopic (exact) mass is 328 g/mol. The fourth-order valence-corrected chi connectivity index (χ4v) is 4.06. The summed E-state index contributed by atoms with van der Waals surface area (Å²) in [6, 6.07) is 5.64. The van der Waals surface area contributed by atoms with Crippen LogP contribution in [0.15, 0.2) is 34.0 Å². The maximum absolute atomic E-state index is 12.5. The van der Waals surface area contributed by atoms with E-state index in [0.29, 0.717) is 5.69 Å². The Balaban J connectivity index is 2.45. The number of thiazole rings is 1. The van der Waals surface area contributed by atoms with Gasteiger partial charge in [0, 0.05) is 7.05 Å². The van der Waals surface area contributed by atoms with Crippen molar-refractivity contribution in [1.82, 2.24) is 4.98 Å². The summed E-state index contributed by atoms with van der Waals surface area (Å²) in [4.78, 5) is 15.3. The molecule has 0 aliphatic rings. The number of aromatic nitrogens is 1. The molecule has 0 fully saturated rings. The maximum atomic E-state index is 12.5. The average molecular weight is 328 g/mol. The second-order valence-electron chi connectivity index (χ2n) is 3.97. The van der Waals surface area contributed by atoms with Gasteiger partial charge in [0.25, 0.3) is 10.0 Å². The highest BCUT2D eigenvalue weighted by molar-refractivity contribution is 7.94. The second kappa shape index (κ2) is 5.70. The largest absolute Gasteiger partial charge is 0.508 e. The first kappa shape index (κ1) is 15.3. The van der Waals surface area contributed by atoms with Gasteiger partial charge < -0.3 is 9.84 Å². The molecule has 2 aromatic rings. The van der Waals surface area contributed by atoms with Crippen LogP contribution in [0, 0.1) is 0 Å². The highest BCUT2D eigenvalue weighted by Gasteiger charge is 2.30. The standard InChI is InChI=1S/C12H12N2O5S2/c1-14(8-3-5-9(15)6-4-8)21(17,18)12-10(11(16)19-2)13-7-20-12/h3-7,15H,1-2H3. The molecule has 1 heterocycles. The number of rotatable bonds is 4. The van der Waals surface area contributed by atoms with Crippen LogP contribution < -0.4 is 4.31 Å². The van der Waals surface area contributed by atoms with Crippen molar-refractivity contribution in [3.63, 3.8) is 0 Å². The first-order valence-electron chi connectivity index (χ1n) is 5.67. The van der Waals surface area contributed by atoms with Gasteiger partial charge in [0.2, 0.25) is 0 Å². The molecule has 0 amide bonds. The topological polar surface area (TPSA) is 96.8 Å².